The SMILES string of the molecule is CNC(C(C)=O)c1ccc(C)c(C)c1. The summed E-state index contributed by atoms with van der Waals surface area (Å²) in [5.74, 6) is 0.149. The van der Waals surface area contributed by atoms with Gasteiger partial charge in [0.2, 0.25) is 0 Å². The van der Waals surface area contributed by atoms with Gasteiger partial charge >= 0.3 is 0 Å². The van der Waals surface area contributed by atoms with E-state index >= 15 is 0 Å². The molecule has 2 heteroatoms. The highest BCUT2D eigenvalue weighted by molar-refractivity contribution is 5.82. The summed E-state index contributed by atoms with van der Waals surface area (Å²) in [7, 11) is 1.81. The lowest BCUT2D eigenvalue weighted by Gasteiger charge is -2.14. The summed E-state index contributed by atoms with van der Waals surface area (Å²) in [6.45, 7) is 5.74. The van der Waals surface area contributed by atoms with Gasteiger partial charge in [-0.25, -0.2) is 0 Å². The van der Waals surface area contributed by atoms with Crippen molar-refractivity contribution >= 4 is 5.78 Å². The Balaban J connectivity index is 3.06. The molecule has 0 aromatic heterocycles. The van der Waals surface area contributed by atoms with Gasteiger partial charge < -0.3 is 5.32 Å². The molecule has 76 valence electrons. The van der Waals surface area contributed by atoms with Crippen LogP contribution in [0.25, 0.3) is 0 Å². The zero-order valence-corrected chi connectivity index (χ0v) is 9.22. The van der Waals surface area contributed by atoms with Crippen LogP contribution in [-0.4, -0.2) is 12.8 Å². The van der Waals surface area contributed by atoms with Gasteiger partial charge in [-0.05, 0) is 44.5 Å². The number of Topliss-reactive ketones (excluding diaryl/α,β-unsaturated/α-hetero) is 1. The van der Waals surface area contributed by atoms with Crippen molar-refractivity contribution in [1.29, 1.82) is 0 Å². The molecular formula is C12H17NO. The van der Waals surface area contributed by atoms with Gasteiger partial charge in [0, 0.05) is 0 Å². The van der Waals surface area contributed by atoms with Crippen LogP contribution in [0.15, 0.2) is 18.2 Å². The van der Waals surface area contributed by atoms with Gasteiger partial charge in [0.25, 0.3) is 0 Å². The minimum absolute atomic E-state index is 0.149. The fraction of sp³-hybridized carbons (Fsp3) is 0.417. The molecule has 1 aromatic rings. The number of hydrogen-bond acceptors (Lipinski definition) is 2. The van der Waals surface area contributed by atoms with E-state index in [-0.39, 0.29) is 11.8 Å². The number of carbonyl (C=O) groups excluding carboxylic acids is 1. The van der Waals surface area contributed by atoms with E-state index in [9.17, 15) is 4.79 Å². The van der Waals surface area contributed by atoms with Gasteiger partial charge in [-0.2, -0.15) is 0 Å². The summed E-state index contributed by atoms with van der Waals surface area (Å²) in [4.78, 5) is 11.3. The number of likely N-dealkylation sites (N-methyl/N-ethyl adjacent to an activating group) is 1. The number of nitrogens with one attached hydrogen (secondary N) is 1. The van der Waals surface area contributed by atoms with Crippen LogP contribution in [0.4, 0.5) is 0 Å². The summed E-state index contributed by atoms with van der Waals surface area (Å²) in [5, 5.41) is 3.01. The van der Waals surface area contributed by atoms with Gasteiger partial charge in [0.05, 0.1) is 6.04 Å². The van der Waals surface area contributed by atoms with Crippen LogP contribution in [0.1, 0.15) is 29.7 Å². The van der Waals surface area contributed by atoms with Crippen molar-refractivity contribution in [2.24, 2.45) is 0 Å². The van der Waals surface area contributed by atoms with E-state index in [4.69, 9.17) is 0 Å². The standard InChI is InChI=1S/C12H17NO/c1-8-5-6-11(7-9(8)2)12(13-4)10(3)14/h5-7,12-13H,1-4H3. The van der Waals surface area contributed by atoms with Crippen LogP contribution in [0.2, 0.25) is 0 Å². The molecule has 0 radical (unpaired) electrons. The molecule has 0 amide bonds. The largest absolute Gasteiger partial charge is 0.307 e. The number of rotatable bonds is 3. The molecule has 0 fully saturated rings. The van der Waals surface area contributed by atoms with Crippen molar-refractivity contribution in [2.75, 3.05) is 7.05 Å². The lowest BCUT2D eigenvalue weighted by atomic mass is 9.99. The Morgan fingerprint density at radius 3 is 2.36 bits per heavy atom. The summed E-state index contributed by atoms with van der Waals surface area (Å²) in [6.07, 6.45) is 0. The van der Waals surface area contributed by atoms with Crippen molar-refractivity contribution in [3.05, 3.63) is 34.9 Å². The normalized spacial score (nSPS) is 12.6. The number of benzene rings is 1. The molecule has 0 heterocycles. The van der Waals surface area contributed by atoms with Gasteiger partial charge in [0.1, 0.15) is 0 Å². The fourth-order valence-electron chi connectivity index (χ4n) is 1.55. The molecule has 1 rings (SSSR count). The molecule has 0 aliphatic carbocycles. The van der Waals surface area contributed by atoms with Crippen molar-refractivity contribution in [1.82, 2.24) is 5.32 Å². The third-order valence-electron chi connectivity index (χ3n) is 2.56. The first kappa shape index (κ1) is 10.9. The average Bonchev–Trinajstić information content (AvgIpc) is 2.11. The average molecular weight is 191 g/mol. The van der Waals surface area contributed by atoms with E-state index in [0.717, 1.165) is 5.56 Å². The van der Waals surface area contributed by atoms with Crippen LogP contribution in [-0.2, 0) is 4.79 Å². The smallest absolute Gasteiger partial charge is 0.151 e. The van der Waals surface area contributed by atoms with Crippen molar-refractivity contribution in [3.8, 4) is 0 Å². The maximum atomic E-state index is 11.3. The highest BCUT2D eigenvalue weighted by atomic mass is 16.1. The molecule has 2 nitrogen and oxygen atoms in total. The van der Waals surface area contributed by atoms with Crippen LogP contribution in [0.3, 0.4) is 0 Å². The Hall–Kier alpha value is -1.15. The monoisotopic (exact) mass is 191 g/mol. The first-order chi connectivity index (χ1) is 6.56. The maximum Gasteiger partial charge on any atom is 0.151 e. The first-order valence-corrected chi connectivity index (χ1v) is 4.81. The number of carbonyl (C=O) groups is 1. The van der Waals surface area contributed by atoms with Gasteiger partial charge in [-0.1, -0.05) is 18.2 Å². The highest BCUT2D eigenvalue weighted by Gasteiger charge is 2.13. The third-order valence-corrected chi connectivity index (χ3v) is 2.56. The van der Waals surface area contributed by atoms with Gasteiger partial charge in [0.15, 0.2) is 5.78 Å². The summed E-state index contributed by atoms with van der Waals surface area (Å²) >= 11 is 0. The van der Waals surface area contributed by atoms with Crippen molar-refractivity contribution in [2.45, 2.75) is 26.8 Å². The van der Waals surface area contributed by atoms with E-state index in [1.807, 2.05) is 6.07 Å². The number of ketones is 1. The minimum Gasteiger partial charge on any atom is -0.307 e. The zero-order chi connectivity index (χ0) is 10.7. The van der Waals surface area contributed by atoms with Crippen molar-refractivity contribution < 1.29 is 4.79 Å². The maximum absolute atomic E-state index is 11.3. The second kappa shape index (κ2) is 4.38. The topological polar surface area (TPSA) is 29.1 Å². The molecule has 0 spiro atoms. The number of aryl methyl sites for hydroxylation is 2. The Bertz CT molecular complexity index is 344. The van der Waals surface area contributed by atoms with E-state index in [0.29, 0.717) is 0 Å². The van der Waals surface area contributed by atoms with Crippen LogP contribution < -0.4 is 5.32 Å². The summed E-state index contributed by atoms with van der Waals surface area (Å²) in [6, 6.07) is 5.95. The lowest BCUT2D eigenvalue weighted by molar-refractivity contribution is -0.119. The molecule has 1 N–H and O–H groups in total. The molecule has 14 heavy (non-hydrogen) atoms. The predicted octanol–water partition coefficient (Wildman–Crippen LogP) is 2.15. The van der Waals surface area contributed by atoms with Crippen LogP contribution in [0, 0.1) is 13.8 Å². The van der Waals surface area contributed by atoms with Gasteiger partial charge in [-0.15, -0.1) is 0 Å². The molecule has 0 saturated carbocycles. The highest BCUT2D eigenvalue weighted by Crippen LogP contribution is 2.17. The molecule has 0 saturated heterocycles. The second-order valence-electron chi connectivity index (χ2n) is 3.68. The Morgan fingerprint density at radius 2 is 1.93 bits per heavy atom. The fourth-order valence-corrected chi connectivity index (χ4v) is 1.55. The Labute approximate surface area is 85.3 Å². The Morgan fingerprint density at radius 1 is 1.29 bits per heavy atom. The quantitative estimate of drug-likeness (QED) is 0.793. The Kier molecular flexibility index (Phi) is 3.42. The van der Waals surface area contributed by atoms with E-state index in [2.05, 4.69) is 31.3 Å². The van der Waals surface area contributed by atoms with Crippen LogP contribution >= 0.6 is 0 Å². The van der Waals surface area contributed by atoms with E-state index < -0.39 is 0 Å². The van der Waals surface area contributed by atoms with Crippen LogP contribution in [0.5, 0.6) is 0 Å². The summed E-state index contributed by atoms with van der Waals surface area (Å²) < 4.78 is 0. The predicted molar refractivity (Wildman–Crippen MR) is 58.4 cm³/mol. The minimum atomic E-state index is -0.172. The summed E-state index contributed by atoms with van der Waals surface area (Å²) in [5.41, 5.74) is 3.53. The molecule has 0 bridgehead atoms. The van der Waals surface area contributed by atoms with E-state index in [1.165, 1.54) is 11.1 Å². The molecule has 1 aromatic carbocycles. The molecule has 0 aliphatic rings. The zero-order valence-electron chi connectivity index (χ0n) is 9.22. The van der Waals surface area contributed by atoms with Crippen molar-refractivity contribution in [3.63, 3.8) is 0 Å². The number of hydrogen-bond donors (Lipinski definition) is 1. The molecular weight excluding hydrogens is 174 g/mol. The third kappa shape index (κ3) is 2.20. The molecule has 0 aliphatic heterocycles. The second-order valence-corrected chi connectivity index (χ2v) is 3.68. The molecule has 1 atom stereocenters. The first-order valence-electron chi connectivity index (χ1n) is 4.81. The lowest BCUT2D eigenvalue weighted by Crippen LogP contribution is -2.23. The van der Waals surface area contributed by atoms with E-state index in [1.54, 1.807) is 14.0 Å². The van der Waals surface area contributed by atoms with Gasteiger partial charge in [-0.3, -0.25) is 4.79 Å². The molecule has 1 unspecified atom stereocenters.